The van der Waals surface area contributed by atoms with Crippen molar-refractivity contribution in [2.45, 2.75) is 19.8 Å². The Bertz CT molecular complexity index is 872. The van der Waals surface area contributed by atoms with E-state index in [1.54, 1.807) is 6.33 Å². The molecule has 0 aromatic carbocycles. The maximum atomic E-state index is 4.85. The largest absolute Gasteiger partial charge is 0.356 e. The predicted octanol–water partition coefficient (Wildman–Crippen LogP) is 2.65. The molecule has 1 atom stereocenters. The molecule has 6 heteroatoms. The Hall–Kier alpha value is -2.76. The van der Waals surface area contributed by atoms with Crippen LogP contribution < -0.4 is 4.90 Å². The average molecular weight is 334 g/mol. The van der Waals surface area contributed by atoms with Gasteiger partial charge >= 0.3 is 0 Å². The van der Waals surface area contributed by atoms with E-state index in [-0.39, 0.29) is 0 Å². The van der Waals surface area contributed by atoms with Gasteiger partial charge in [-0.25, -0.2) is 15.0 Å². The minimum atomic E-state index is 0.601. The Labute approximate surface area is 147 Å². The third-order valence-electron chi connectivity index (χ3n) is 4.78. The molecule has 1 saturated heterocycles. The Balaban J connectivity index is 1.46. The molecule has 4 rings (SSSR count). The summed E-state index contributed by atoms with van der Waals surface area (Å²) in [5.74, 6) is 1.64. The Kier molecular flexibility index (Phi) is 4.17. The van der Waals surface area contributed by atoms with Crippen LogP contribution in [0.15, 0.2) is 43.1 Å². The normalized spacial score (nSPS) is 17.2. The summed E-state index contributed by atoms with van der Waals surface area (Å²) in [5, 5.41) is 0. The Morgan fingerprint density at radius 1 is 1.24 bits per heavy atom. The minimum absolute atomic E-state index is 0.601. The van der Waals surface area contributed by atoms with Gasteiger partial charge in [-0.05, 0) is 37.8 Å². The van der Waals surface area contributed by atoms with Crippen molar-refractivity contribution >= 4 is 5.82 Å². The molecular formula is C19H22N6. The van der Waals surface area contributed by atoms with Crippen LogP contribution in [0.1, 0.15) is 17.8 Å². The molecule has 0 aliphatic carbocycles. The van der Waals surface area contributed by atoms with Crippen molar-refractivity contribution in [1.29, 1.82) is 0 Å². The van der Waals surface area contributed by atoms with Gasteiger partial charge in [0.1, 0.15) is 12.1 Å². The van der Waals surface area contributed by atoms with Gasteiger partial charge in [0.25, 0.3) is 0 Å². The Morgan fingerprint density at radius 3 is 2.96 bits per heavy atom. The predicted molar refractivity (Wildman–Crippen MR) is 97.2 cm³/mol. The first-order valence-corrected chi connectivity index (χ1v) is 8.65. The van der Waals surface area contributed by atoms with Crippen molar-refractivity contribution in [3.05, 3.63) is 54.5 Å². The van der Waals surface area contributed by atoms with Gasteiger partial charge in [-0.1, -0.05) is 6.07 Å². The topological polar surface area (TPSA) is 59.7 Å². The summed E-state index contributed by atoms with van der Waals surface area (Å²) in [4.78, 5) is 20.0. The van der Waals surface area contributed by atoms with Gasteiger partial charge in [-0.15, -0.1) is 0 Å². The van der Waals surface area contributed by atoms with Crippen LogP contribution in [0.25, 0.3) is 11.4 Å². The highest BCUT2D eigenvalue weighted by atomic mass is 15.2. The summed E-state index contributed by atoms with van der Waals surface area (Å²) in [5.41, 5.74) is 4.19. The van der Waals surface area contributed by atoms with Crippen LogP contribution >= 0.6 is 0 Å². The molecule has 0 spiro atoms. The molecule has 3 aromatic heterocycles. The SMILES string of the molecule is Cc1cc(N2CCC(Cc3cccc(-c4cncn4C)n3)C2)ncn1. The molecule has 1 aliphatic heterocycles. The molecule has 128 valence electrons. The molecule has 0 saturated carbocycles. The standard InChI is InChI=1S/C19H22N6/c1-14-8-19(22-12-21-14)25-7-6-15(11-25)9-16-4-3-5-17(23-16)18-10-20-13-24(18)2/h3-5,8,10,12-13,15H,6-7,9,11H2,1-2H3. The van der Waals surface area contributed by atoms with E-state index in [1.165, 1.54) is 6.42 Å². The number of rotatable bonds is 4. The smallest absolute Gasteiger partial charge is 0.132 e. The number of hydrogen-bond donors (Lipinski definition) is 0. The van der Waals surface area contributed by atoms with Crippen LogP contribution in [-0.4, -0.2) is 37.6 Å². The lowest BCUT2D eigenvalue weighted by Crippen LogP contribution is -2.21. The van der Waals surface area contributed by atoms with Gasteiger partial charge in [-0.2, -0.15) is 0 Å². The molecule has 0 amide bonds. The van der Waals surface area contributed by atoms with Crippen LogP contribution in [0.5, 0.6) is 0 Å². The van der Waals surface area contributed by atoms with E-state index in [2.05, 4.69) is 38.1 Å². The number of anilines is 1. The summed E-state index contributed by atoms with van der Waals surface area (Å²) >= 11 is 0. The van der Waals surface area contributed by atoms with E-state index in [9.17, 15) is 0 Å². The zero-order valence-corrected chi connectivity index (χ0v) is 14.6. The Morgan fingerprint density at radius 2 is 2.16 bits per heavy atom. The zero-order chi connectivity index (χ0) is 17.2. The highest BCUT2D eigenvalue weighted by Crippen LogP contribution is 2.25. The average Bonchev–Trinajstić information content (AvgIpc) is 3.24. The molecule has 1 aliphatic rings. The highest BCUT2D eigenvalue weighted by molar-refractivity contribution is 5.53. The molecule has 1 fully saturated rings. The fourth-order valence-corrected chi connectivity index (χ4v) is 3.46. The second-order valence-corrected chi connectivity index (χ2v) is 6.73. The lowest BCUT2D eigenvalue weighted by atomic mass is 10.0. The van der Waals surface area contributed by atoms with Gasteiger partial charge in [0, 0.05) is 37.6 Å². The first kappa shape index (κ1) is 15.7. The van der Waals surface area contributed by atoms with Crippen LogP contribution in [0.3, 0.4) is 0 Å². The first-order chi connectivity index (χ1) is 12.2. The monoisotopic (exact) mass is 334 g/mol. The van der Waals surface area contributed by atoms with Crippen molar-refractivity contribution in [3.8, 4) is 11.4 Å². The van der Waals surface area contributed by atoms with E-state index in [1.807, 2.05) is 37.1 Å². The number of hydrogen-bond acceptors (Lipinski definition) is 5. The fourth-order valence-electron chi connectivity index (χ4n) is 3.46. The van der Waals surface area contributed by atoms with Crippen molar-refractivity contribution in [3.63, 3.8) is 0 Å². The molecule has 0 radical (unpaired) electrons. The van der Waals surface area contributed by atoms with E-state index in [0.717, 1.165) is 48.1 Å². The zero-order valence-electron chi connectivity index (χ0n) is 14.6. The lowest BCUT2D eigenvalue weighted by Gasteiger charge is -2.17. The third kappa shape index (κ3) is 3.38. The van der Waals surface area contributed by atoms with E-state index in [0.29, 0.717) is 5.92 Å². The van der Waals surface area contributed by atoms with Crippen LogP contribution in [0.4, 0.5) is 5.82 Å². The van der Waals surface area contributed by atoms with Crippen LogP contribution in [0.2, 0.25) is 0 Å². The molecular weight excluding hydrogens is 312 g/mol. The quantitative estimate of drug-likeness (QED) is 0.734. The number of pyridine rings is 1. The molecule has 0 N–H and O–H groups in total. The molecule has 0 bridgehead atoms. The molecule has 4 heterocycles. The molecule has 1 unspecified atom stereocenters. The fraction of sp³-hybridized carbons (Fsp3) is 0.368. The summed E-state index contributed by atoms with van der Waals surface area (Å²) < 4.78 is 2.00. The summed E-state index contributed by atoms with van der Waals surface area (Å²) in [6.07, 6.45) is 7.48. The first-order valence-electron chi connectivity index (χ1n) is 8.65. The number of aromatic nitrogens is 5. The van der Waals surface area contributed by atoms with Crippen molar-refractivity contribution in [2.75, 3.05) is 18.0 Å². The summed E-state index contributed by atoms with van der Waals surface area (Å²) in [7, 11) is 2.00. The summed E-state index contributed by atoms with van der Waals surface area (Å²) in [6, 6.07) is 8.32. The van der Waals surface area contributed by atoms with Crippen molar-refractivity contribution in [1.82, 2.24) is 24.5 Å². The maximum Gasteiger partial charge on any atom is 0.132 e. The number of aryl methyl sites for hydroxylation is 2. The van der Waals surface area contributed by atoms with E-state index in [4.69, 9.17) is 4.98 Å². The number of imidazole rings is 1. The van der Waals surface area contributed by atoms with Crippen molar-refractivity contribution in [2.24, 2.45) is 13.0 Å². The third-order valence-corrected chi connectivity index (χ3v) is 4.78. The highest BCUT2D eigenvalue weighted by Gasteiger charge is 2.24. The van der Waals surface area contributed by atoms with Gasteiger partial charge in [0.15, 0.2) is 0 Å². The minimum Gasteiger partial charge on any atom is -0.356 e. The second kappa shape index (κ2) is 6.63. The lowest BCUT2D eigenvalue weighted by molar-refractivity contribution is 0.577. The van der Waals surface area contributed by atoms with Crippen LogP contribution in [-0.2, 0) is 13.5 Å². The summed E-state index contributed by atoms with van der Waals surface area (Å²) in [6.45, 7) is 4.07. The van der Waals surface area contributed by atoms with Crippen molar-refractivity contribution < 1.29 is 0 Å². The van der Waals surface area contributed by atoms with Gasteiger partial charge in [0.2, 0.25) is 0 Å². The molecule has 3 aromatic rings. The van der Waals surface area contributed by atoms with E-state index >= 15 is 0 Å². The molecule has 6 nitrogen and oxygen atoms in total. The van der Waals surface area contributed by atoms with E-state index < -0.39 is 0 Å². The molecule has 25 heavy (non-hydrogen) atoms. The second-order valence-electron chi connectivity index (χ2n) is 6.73. The van der Waals surface area contributed by atoms with Gasteiger partial charge < -0.3 is 9.47 Å². The number of nitrogens with zero attached hydrogens (tertiary/aromatic N) is 6. The maximum absolute atomic E-state index is 4.85. The van der Waals surface area contributed by atoms with Gasteiger partial charge in [-0.3, -0.25) is 4.98 Å². The van der Waals surface area contributed by atoms with Gasteiger partial charge in [0.05, 0.1) is 23.9 Å². The van der Waals surface area contributed by atoms with Crippen LogP contribution in [0, 0.1) is 12.8 Å².